The zero-order valence-electron chi connectivity index (χ0n) is 11.6. The topological polar surface area (TPSA) is 89.2 Å². The molecule has 1 saturated heterocycles. The molecule has 1 atom stereocenters. The lowest BCUT2D eigenvalue weighted by atomic mass is 10.0. The largest absolute Gasteiger partial charge is 0.464 e. The first-order valence-electron chi connectivity index (χ1n) is 6.83. The average Bonchev–Trinajstić information content (AvgIpc) is 2.63. The molecule has 1 aromatic rings. The number of hydrazine groups is 1. The smallest absolute Gasteiger partial charge is 0.323 e. The zero-order chi connectivity index (χ0) is 13.7. The Kier molecular flexibility index (Phi) is 4.73. The number of nitrogens with one attached hydrogen (secondary N) is 1. The van der Waals surface area contributed by atoms with Crippen LogP contribution in [0.4, 0.5) is 11.9 Å². The van der Waals surface area contributed by atoms with Crippen molar-refractivity contribution in [2.75, 3.05) is 30.0 Å². The van der Waals surface area contributed by atoms with E-state index in [4.69, 9.17) is 10.6 Å². The van der Waals surface area contributed by atoms with Gasteiger partial charge >= 0.3 is 6.01 Å². The van der Waals surface area contributed by atoms with Crippen molar-refractivity contribution >= 4 is 11.9 Å². The van der Waals surface area contributed by atoms with Crippen molar-refractivity contribution in [3.8, 4) is 6.01 Å². The Morgan fingerprint density at radius 1 is 1.32 bits per heavy atom. The minimum atomic E-state index is 0.317. The fraction of sp³-hybridized carbons (Fsp3) is 0.750. The van der Waals surface area contributed by atoms with Crippen LogP contribution in [0.3, 0.4) is 0 Å². The van der Waals surface area contributed by atoms with E-state index in [0.29, 0.717) is 24.5 Å². The van der Waals surface area contributed by atoms with Crippen molar-refractivity contribution in [2.24, 2.45) is 11.8 Å². The van der Waals surface area contributed by atoms with Gasteiger partial charge < -0.3 is 9.64 Å². The molecule has 0 aliphatic carbocycles. The minimum Gasteiger partial charge on any atom is -0.464 e. The van der Waals surface area contributed by atoms with Crippen molar-refractivity contribution in [2.45, 2.75) is 33.1 Å². The Labute approximate surface area is 113 Å². The van der Waals surface area contributed by atoms with Crippen LogP contribution < -0.4 is 20.9 Å². The van der Waals surface area contributed by atoms with Crippen molar-refractivity contribution in [1.29, 1.82) is 0 Å². The summed E-state index contributed by atoms with van der Waals surface area (Å²) < 4.78 is 5.35. The Bertz CT molecular complexity index is 413. The molecule has 19 heavy (non-hydrogen) atoms. The summed E-state index contributed by atoms with van der Waals surface area (Å²) in [7, 11) is 0. The lowest BCUT2D eigenvalue weighted by molar-refractivity contribution is 0.312. The predicted octanol–water partition coefficient (Wildman–Crippen LogP) is 1.18. The van der Waals surface area contributed by atoms with Crippen LogP contribution in [0.2, 0.25) is 0 Å². The molecule has 0 radical (unpaired) electrons. The van der Waals surface area contributed by atoms with Crippen LogP contribution in [0, 0.1) is 5.92 Å². The molecule has 2 rings (SSSR count). The van der Waals surface area contributed by atoms with Gasteiger partial charge in [0.1, 0.15) is 0 Å². The standard InChI is InChI=1S/C12H22N6O/c1-3-19-12-15-10(17-13)14-11(16-12)18-7-4-5-9(2)6-8-18/h9H,3-8,13H2,1-2H3,(H,14,15,16,17). The van der Waals surface area contributed by atoms with Gasteiger partial charge in [0.2, 0.25) is 11.9 Å². The van der Waals surface area contributed by atoms with Crippen LogP contribution in [0.25, 0.3) is 0 Å². The monoisotopic (exact) mass is 266 g/mol. The predicted molar refractivity (Wildman–Crippen MR) is 74.0 cm³/mol. The molecule has 1 aliphatic rings. The van der Waals surface area contributed by atoms with Crippen LogP contribution in [0.1, 0.15) is 33.1 Å². The van der Waals surface area contributed by atoms with E-state index in [9.17, 15) is 0 Å². The highest BCUT2D eigenvalue weighted by Crippen LogP contribution is 2.21. The zero-order valence-corrected chi connectivity index (χ0v) is 11.6. The Morgan fingerprint density at radius 2 is 2.16 bits per heavy atom. The van der Waals surface area contributed by atoms with E-state index in [2.05, 4.69) is 32.2 Å². The number of ether oxygens (including phenoxy) is 1. The summed E-state index contributed by atoms with van der Waals surface area (Å²) in [5.74, 6) is 7.12. The highest BCUT2D eigenvalue weighted by molar-refractivity contribution is 5.37. The number of hydrogen-bond donors (Lipinski definition) is 2. The number of nitrogens with two attached hydrogens (primary N) is 1. The minimum absolute atomic E-state index is 0.317. The second-order valence-corrected chi connectivity index (χ2v) is 4.84. The fourth-order valence-electron chi connectivity index (χ4n) is 2.21. The number of rotatable bonds is 4. The third-order valence-electron chi connectivity index (χ3n) is 3.31. The molecule has 0 bridgehead atoms. The normalized spacial score (nSPS) is 19.9. The van der Waals surface area contributed by atoms with E-state index >= 15 is 0 Å². The van der Waals surface area contributed by atoms with Gasteiger partial charge in [-0.25, -0.2) is 5.84 Å². The summed E-state index contributed by atoms with van der Waals surface area (Å²) in [6.45, 7) is 6.62. The van der Waals surface area contributed by atoms with Crippen LogP contribution in [-0.4, -0.2) is 34.6 Å². The summed E-state index contributed by atoms with van der Waals surface area (Å²) in [4.78, 5) is 14.9. The van der Waals surface area contributed by atoms with E-state index in [0.717, 1.165) is 31.8 Å². The van der Waals surface area contributed by atoms with Gasteiger partial charge in [0.25, 0.3) is 0 Å². The molecule has 1 aliphatic heterocycles. The highest BCUT2D eigenvalue weighted by atomic mass is 16.5. The summed E-state index contributed by atoms with van der Waals surface area (Å²) in [6, 6.07) is 0.317. The molecule has 3 N–H and O–H groups in total. The van der Waals surface area contributed by atoms with Crippen molar-refractivity contribution < 1.29 is 4.74 Å². The first kappa shape index (κ1) is 13.8. The molecule has 106 valence electrons. The van der Waals surface area contributed by atoms with E-state index in [1.807, 2.05) is 6.92 Å². The quantitative estimate of drug-likeness (QED) is 0.624. The lowest BCUT2D eigenvalue weighted by Gasteiger charge is -2.20. The summed E-state index contributed by atoms with van der Waals surface area (Å²) in [6.07, 6.45) is 3.56. The van der Waals surface area contributed by atoms with Gasteiger partial charge in [0, 0.05) is 13.1 Å². The SMILES string of the molecule is CCOc1nc(NN)nc(N2CCCC(C)CC2)n1. The first-order chi connectivity index (χ1) is 9.22. The molecule has 0 spiro atoms. The molecule has 7 nitrogen and oxygen atoms in total. The number of hydrogen-bond acceptors (Lipinski definition) is 7. The first-order valence-corrected chi connectivity index (χ1v) is 6.83. The maximum absolute atomic E-state index is 5.39. The van der Waals surface area contributed by atoms with Crippen molar-refractivity contribution in [3.63, 3.8) is 0 Å². The molecular formula is C12H22N6O. The average molecular weight is 266 g/mol. The van der Waals surface area contributed by atoms with Crippen molar-refractivity contribution in [3.05, 3.63) is 0 Å². The van der Waals surface area contributed by atoms with E-state index in [-0.39, 0.29) is 0 Å². The molecule has 1 unspecified atom stereocenters. The van der Waals surface area contributed by atoms with Gasteiger partial charge in [0.05, 0.1) is 6.61 Å². The Hall–Kier alpha value is -1.63. The third kappa shape index (κ3) is 3.66. The number of nitrogen functional groups attached to an aromatic ring is 1. The van der Waals surface area contributed by atoms with Crippen molar-refractivity contribution in [1.82, 2.24) is 15.0 Å². The second-order valence-electron chi connectivity index (χ2n) is 4.84. The molecule has 7 heteroatoms. The summed E-state index contributed by atoms with van der Waals surface area (Å²) in [5.41, 5.74) is 2.46. The van der Waals surface area contributed by atoms with Crippen LogP contribution in [-0.2, 0) is 0 Å². The molecule has 1 fully saturated rings. The Morgan fingerprint density at radius 3 is 2.89 bits per heavy atom. The van der Waals surface area contributed by atoms with E-state index < -0.39 is 0 Å². The third-order valence-corrected chi connectivity index (χ3v) is 3.31. The number of nitrogens with zero attached hydrogens (tertiary/aromatic N) is 4. The van der Waals surface area contributed by atoms with Crippen LogP contribution in [0.5, 0.6) is 6.01 Å². The van der Waals surface area contributed by atoms with Gasteiger partial charge in [-0.15, -0.1) is 0 Å². The summed E-state index contributed by atoms with van der Waals surface area (Å²) in [5, 5.41) is 0. The van der Waals surface area contributed by atoms with Gasteiger partial charge in [-0.3, -0.25) is 5.43 Å². The molecule has 0 amide bonds. The fourth-order valence-corrected chi connectivity index (χ4v) is 2.21. The van der Waals surface area contributed by atoms with Gasteiger partial charge in [-0.05, 0) is 32.1 Å². The molecule has 0 saturated carbocycles. The van der Waals surface area contributed by atoms with Gasteiger partial charge in [-0.1, -0.05) is 6.92 Å². The van der Waals surface area contributed by atoms with E-state index in [1.165, 1.54) is 6.42 Å². The summed E-state index contributed by atoms with van der Waals surface area (Å²) >= 11 is 0. The maximum atomic E-state index is 5.39. The lowest BCUT2D eigenvalue weighted by Crippen LogP contribution is -2.27. The van der Waals surface area contributed by atoms with Crippen LogP contribution in [0.15, 0.2) is 0 Å². The maximum Gasteiger partial charge on any atom is 0.323 e. The molecule has 0 aromatic carbocycles. The van der Waals surface area contributed by atoms with Gasteiger partial charge in [-0.2, -0.15) is 15.0 Å². The molecular weight excluding hydrogens is 244 g/mol. The number of anilines is 2. The Balaban J connectivity index is 2.19. The van der Waals surface area contributed by atoms with E-state index in [1.54, 1.807) is 0 Å². The van der Waals surface area contributed by atoms with Gasteiger partial charge in [0.15, 0.2) is 0 Å². The molecule has 1 aromatic heterocycles. The second kappa shape index (κ2) is 6.51. The van der Waals surface area contributed by atoms with Crippen LogP contribution >= 0.6 is 0 Å². The highest BCUT2D eigenvalue weighted by Gasteiger charge is 2.18. The number of aromatic nitrogens is 3. The molecule has 2 heterocycles.